The Morgan fingerprint density at radius 1 is 1.06 bits per heavy atom. The largest absolute Gasteiger partial charge is 0.466 e. The molecule has 1 N–H and O–H groups in total. The summed E-state index contributed by atoms with van der Waals surface area (Å²) in [6, 6.07) is 11.6. The molecule has 1 atom stereocenters. The minimum atomic E-state index is -0.454. The van der Waals surface area contributed by atoms with Crippen LogP contribution in [0.4, 0.5) is 0 Å². The molecule has 174 valence electrons. The van der Waals surface area contributed by atoms with Crippen molar-refractivity contribution >= 4 is 11.9 Å². The van der Waals surface area contributed by atoms with Crippen LogP contribution >= 0.6 is 0 Å². The Labute approximate surface area is 194 Å². The molecule has 0 aliphatic carbocycles. The van der Waals surface area contributed by atoms with Gasteiger partial charge in [-0.2, -0.15) is 5.10 Å². The van der Waals surface area contributed by atoms with E-state index in [-0.39, 0.29) is 24.8 Å². The highest BCUT2D eigenvalue weighted by Gasteiger charge is 2.23. The molecule has 33 heavy (non-hydrogen) atoms. The summed E-state index contributed by atoms with van der Waals surface area (Å²) in [5.41, 5.74) is 5.12. The lowest BCUT2D eigenvalue weighted by atomic mass is 9.99. The van der Waals surface area contributed by atoms with Gasteiger partial charge in [0.2, 0.25) is 5.91 Å². The van der Waals surface area contributed by atoms with Crippen molar-refractivity contribution in [1.82, 2.24) is 25.1 Å². The number of ether oxygens (including phenoxy) is 1. The molecular weight excluding hydrogens is 418 g/mol. The fourth-order valence-corrected chi connectivity index (χ4v) is 3.79. The third-order valence-corrected chi connectivity index (χ3v) is 5.43. The monoisotopic (exact) mass is 449 g/mol. The van der Waals surface area contributed by atoms with Gasteiger partial charge in [0.05, 0.1) is 24.6 Å². The number of rotatable bonds is 9. The van der Waals surface area contributed by atoms with Crippen LogP contribution in [-0.4, -0.2) is 44.8 Å². The van der Waals surface area contributed by atoms with Crippen molar-refractivity contribution in [3.63, 3.8) is 0 Å². The van der Waals surface area contributed by atoms with Gasteiger partial charge >= 0.3 is 5.97 Å². The van der Waals surface area contributed by atoms with Crippen LogP contribution in [0, 0.1) is 33.6 Å². The predicted molar refractivity (Wildman–Crippen MR) is 125 cm³/mol. The van der Waals surface area contributed by atoms with Crippen LogP contribution in [0.5, 0.6) is 0 Å². The lowest BCUT2D eigenvalue weighted by molar-refractivity contribution is -0.147. The summed E-state index contributed by atoms with van der Waals surface area (Å²) in [6.07, 6.45) is 0.656. The van der Waals surface area contributed by atoms with Crippen LogP contribution in [0.3, 0.4) is 0 Å². The molecule has 0 aliphatic heterocycles. The van der Waals surface area contributed by atoms with Crippen molar-refractivity contribution in [2.45, 2.75) is 47.5 Å². The van der Waals surface area contributed by atoms with Crippen molar-refractivity contribution in [2.75, 3.05) is 13.2 Å². The number of hydrogen-bond donors (Lipinski definition) is 1. The predicted octanol–water partition coefficient (Wildman–Crippen LogP) is 2.98. The molecule has 0 saturated heterocycles. The summed E-state index contributed by atoms with van der Waals surface area (Å²) in [6.45, 7) is 9.88. The van der Waals surface area contributed by atoms with Gasteiger partial charge < -0.3 is 10.1 Å². The number of carbonyl (C=O) groups excluding carboxylic acids is 2. The molecular formula is C25H31N5O3. The number of aromatic nitrogens is 4. The first-order valence-corrected chi connectivity index (χ1v) is 11.1. The second-order valence-corrected chi connectivity index (χ2v) is 8.13. The summed E-state index contributed by atoms with van der Waals surface area (Å²) in [7, 11) is 0. The number of nitrogens with one attached hydrogen (secondary N) is 1. The number of aryl methyl sites for hydroxylation is 3. The third-order valence-electron chi connectivity index (χ3n) is 5.43. The highest BCUT2D eigenvalue weighted by Crippen LogP contribution is 2.17. The maximum Gasteiger partial charge on any atom is 0.311 e. The number of hydrogen-bond acceptors (Lipinski definition) is 6. The first kappa shape index (κ1) is 24.1. The molecule has 8 heteroatoms. The number of nitrogens with zero attached hydrogens (tertiary/aromatic N) is 4. The van der Waals surface area contributed by atoms with E-state index in [4.69, 9.17) is 4.74 Å². The summed E-state index contributed by atoms with van der Waals surface area (Å²) < 4.78 is 6.89. The molecule has 2 heterocycles. The molecule has 0 saturated carbocycles. The zero-order valence-corrected chi connectivity index (χ0v) is 19.9. The Kier molecular flexibility index (Phi) is 7.92. The molecule has 0 fully saturated rings. The summed E-state index contributed by atoms with van der Waals surface area (Å²) >= 11 is 0. The Bertz CT molecular complexity index is 1100. The molecule has 1 amide bonds. The number of carbonyl (C=O) groups is 2. The van der Waals surface area contributed by atoms with E-state index in [9.17, 15) is 9.59 Å². The fraction of sp³-hybridized carbons (Fsp3) is 0.400. The fourth-order valence-electron chi connectivity index (χ4n) is 3.79. The van der Waals surface area contributed by atoms with E-state index in [0.717, 1.165) is 33.9 Å². The van der Waals surface area contributed by atoms with E-state index < -0.39 is 5.92 Å². The number of esters is 1. The maximum absolute atomic E-state index is 12.8. The quantitative estimate of drug-likeness (QED) is 0.504. The Morgan fingerprint density at radius 2 is 1.73 bits per heavy atom. The lowest BCUT2D eigenvalue weighted by Crippen LogP contribution is -2.36. The summed E-state index contributed by atoms with van der Waals surface area (Å²) in [5, 5.41) is 7.46. The minimum Gasteiger partial charge on any atom is -0.466 e. The Hall–Kier alpha value is -3.55. The zero-order chi connectivity index (χ0) is 24.0. The molecule has 0 spiro atoms. The van der Waals surface area contributed by atoms with E-state index in [1.54, 1.807) is 11.6 Å². The molecule has 1 aromatic carbocycles. The maximum atomic E-state index is 12.8. The molecule has 8 nitrogen and oxygen atoms in total. The minimum absolute atomic E-state index is 0.156. The second-order valence-electron chi connectivity index (χ2n) is 8.13. The van der Waals surface area contributed by atoms with Crippen LogP contribution in [-0.2, 0) is 27.2 Å². The van der Waals surface area contributed by atoms with Gasteiger partial charge in [-0.1, -0.05) is 30.3 Å². The van der Waals surface area contributed by atoms with E-state index in [2.05, 4.69) is 20.4 Å². The van der Waals surface area contributed by atoms with E-state index >= 15 is 0 Å². The van der Waals surface area contributed by atoms with Crippen LogP contribution in [0.2, 0.25) is 0 Å². The average molecular weight is 450 g/mol. The molecule has 3 rings (SSSR count). The average Bonchev–Trinajstić information content (AvgIpc) is 3.05. The normalized spacial score (nSPS) is 11.8. The molecule has 2 aromatic heterocycles. The summed E-state index contributed by atoms with van der Waals surface area (Å²) in [5.74, 6) is -0.451. The van der Waals surface area contributed by atoms with Crippen LogP contribution in [0.15, 0.2) is 36.4 Å². The van der Waals surface area contributed by atoms with Gasteiger partial charge in [0, 0.05) is 29.2 Å². The van der Waals surface area contributed by atoms with Gasteiger partial charge in [-0.3, -0.25) is 9.59 Å². The van der Waals surface area contributed by atoms with Crippen molar-refractivity contribution in [3.8, 4) is 5.95 Å². The van der Waals surface area contributed by atoms with E-state index in [0.29, 0.717) is 19.0 Å². The van der Waals surface area contributed by atoms with Crippen molar-refractivity contribution in [2.24, 2.45) is 5.92 Å². The van der Waals surface area contributed by atoms with Gasteiger partial charge in [-0.05, 0) is 52.7 Å². The van der Waals surface area contributed by atoms with Crippen molar-refractivity contribution in [1.29, 1.82) is 0 Å². The van der Waals surface area contributed by atoms with Crippen LogP contribution < -0.4 is 5.32 Å². The SMILES string of the molecule is CCOC(=O)C(CNC(=O)Cc1c(C)nn(-c2nc(C)cc(C)n2)c1C)Cc1ccccc1. The number of amides is 1. The number of benzene rings is 1. The Morgan fingerprint density at radius 3 is 2.36 bits per heavy atom. The zero-order valence-electron chi connectivity index (χ0n) is 19.9. The van der Waals surface area contributed by atoms with Crippen LogP contribution in [0.25, 0.3) is 5.95 Å². The summed E-state index contributed by atoms with van der Waals surface area (Å²) in [4.78, 5) is 34.2. The van der Waals surface area contributed by atoms with Crippen LogP contribution in [0.1, 0.15) is 40.8 Å². The first-order valence-electron chi connectivity index (χ1n) is 11.1. The Balaban J connectivity index is 1.70. The topological polar surface area (TPSA) is 99.0 Å². The van der Waals surface area contributed by atoms with E-state index in [1.807, 2.05) is 64.1 Å². The van der Waals surface area contributed by atoms with Gasteiger partial charge in [0.1, 0.15) is 0 Å². The standard InChI is InChI=1S/C25H31N5O3/c1-6-33-24(32)21(13-20-10-8-7-9-11-20)15-26-23(31)14-22-18(4)29-30(19(22)5)25-27-16(2)12-17(3)28-25/h7-12,21H,6,13-15H2,1-5H3,(H,26,31). The van der Waals surface area contributed by atoms with E-state index in [1.165, 1.54) is 0 Å². The molecule has 0 aliphatic rings. The van der Waals surface area contributed by atoms with Gasteiger partial charge in [0.25, 0.3) is 5.95 Å². The van der Waals surface area contributed by atoms with Gasteiger partial charge in [-0.15, -0.1) is 0 Å². The van der Waals surface area contributed by atoms with Gasteiger partial charge in [-0.25, -0.2) is 14.6 Å². The molecule has 0 bridgehead atoms. The first-order chi connectivity index (χ1) is 15.8. The molecule has 3 aromatic rings. The second kappa shape index (κ2) is 10.8. The lowest BCUT2D eigenvalue weighted by Gasteiger charge is -2.16. The molecule has 1 unspecified atom stereocenters. The smallest absolute Gasteiger partial charge is 0.311 e. The van der Waals surface area contributed by atoms with Gasteiger partial charge in [0.15, 0.2) is 0 Å². The third kappa shape index (κ3) is 6.25. The van der Waals surface area contributed by atoms with Crippen molar-refractivity contribution < 1.29 is 14.3 Å². The highest BCUT2D eigenvalue weighted by atomic mass is 16.5. The van der Waals surface area contributed by atoms with Crippen molar-refractivity contribution in [3.05, 3.63) is 70.3 Å². The molecule has 0 radical (unpaired) electrons. The highest BCUT2D eigenvalue weighted by molar-refractivity contribution is 5.80.